The molecule has 0 saturated carbocycles. The van der Waals surface area contributed by atoms with Gasteiger partial charge in [0.2, 0.25) is 0 Å². The Balaban J connectivity index is 2.02. The summed E-state index contributed by atoms with van der Waals surface area (Å²) in [6.45, 7) is 2.07. The molecular formula is C19H24N2O6. The van der Waals surface area contributed by atoms with Gasteiger partial charge in [0.25, 0.3) is 0 Å². The number of rotatable bonds is 5. The van der Waals surface area contributed by atoms with Crippen molar-refractivity contribution in [3.05, 3.63) is 29.5 Å². The normalized spacial score (nSPS) is 17.1. The Hall–Kier alpha value is -2.74. The van der Waals surface area contributed by atoms with Gasteiger partial charge in [-0.15, -0.1) is 0 Å². The van der Waals surface area contributed by atoms with Crippen LogP contribution >= 0.6 is 0 Å². The molecule has 8 nitrogen and oxygen atoms in total. The molecule has 1 fully saturated rings. The van der Waals surface area contributed by atoms with Gasteiger partial charge in [-0.05, 0) is 25.0 Å². The summed E-state index contributed by atoms with van der Waals surface area (Å²) in [6.07, 6.45) is 2.31. The van der Waals surface area contributed by atoms with Crippen LogP contribution in [0.2, 0.25) is 0 Å². The van der Waals surface area contributed by atoms with Crippen molar-refractivity contribution in [1.82, 2.24) is 0 Å². The first-order chi connectivity index (χ1) is 13.1. The molecule has 0 atom stereocenters. The van der Waals surface area contributed by atoms with Gasteiger partial charge < -0.3 is 28.7 Å². The van der Waals surface area contributed by atoms with Crippen LogP contribution in [0, 0.1) is 0 Å². The minimum absolute atomic E-state index is 0.0173. The molecule has 2 aliphatic rings. The number of hydrogen-bond donors (Lipinski definition) is 0. The highest BCUT2D eigenvalue weighted by molar-refractivity contribution is 6.03. The van der Waals surface area contributed by atoms with E-state index in [1.54, 1.807) is 12.0 Å². The second-order valence-electron chi connectivity index (χ2n) is 6.27. The van der Waals surface area contributed by atoms with Gasteiger partial charge in [-0.1, -0.05) is 0 Å². The lowest BCUT2D eigenvalue weighted by atomic mass is 10.1. The van der Waals surface area contributed by atoms with Crippen LogP contribution in [0.25, 0.3) is 0 Å². The van der Waals surface area contributed by atoms with Gasteiger partial charge in [0.15, 0.2) is 0 Å². The molecule has 0 N–H and O–H groups in total. The first-order valence-corrected chi connectivity index (χ1v) is 8.78. The third-order valence-corrected chi connectivity index (χ3v) is 4.75. The van der Waals surface area contributed by atoms with Gasteiger partial charge in [0.05, 0.1) is 39.2 Å². The Labute approximate surface area is 158 Å². The lowest BCUT2D eigenvalue weighted by molar-refractivity contribution is -0.140. The average Bonchev–Trinajstić information content (AvgIpc) is 3.26. The minimum atomic E-state index is -0.624. The summed E-state index contributed by atoms with van der Waals surface area (Å²) in [5.41, 5.74) is 1.91. The van der Waals surface area contributed by atoms with Gasteiger partial charge in [-0.3, -0.25) is 0 Å². The van der Waals surface area contributed by atoms with Crippen LogP contribution in [0.5, 0.6) is 5.75 Å². The van der Waals surface area contributed by atoms with E-state index in [-0.39, 0.29) is 24.6 Å². The molecule has 2 heterocycles. The van der Waals surface area contributed by atoms with E-state index in [0.29, 0.717) is 11.4 Å². The molecule has 8 heteroatoms. The Kier molecular flexibility index (Phi) is 5.85. The molecule has 27 heavy (non-hydrogen) atoms. The van der Waals surface area contributed by atoms with Crippen molar-refractivity contribution < 1.29 is 28.5 Å². The third-order valence-electron chi connectivity index (χ3n) is 4.75. The van der Waals surface area contributed by atoms with Crippen LogP contribution in [0.1, 0.15) is 12.8 Å². The highest BCUT2D eigenvalue weighted by Gasteiger charge is 2.33. The molecule has 0 radical (unpaired) electrons. The predicted octanol–water partition coefficient (Wildman–Crippen LogP) is 1.69. The minimum Gasteiger partial charge on any atom is -0.495 e. The molecule has 2 aliphatic heterocycles. The number of carbonyl (C=O) groups is 2. The topological polar surface area (TPSA) is 77.5 Å². The van der Waals surface area contributed by atoms with Crippen LogP contribution in [0.4, 0.5) is 11.4 Å². The third kappa shape index (κ3) is 3.71. The van der Waals surface area contributed by atoms with Crippen LogP contribution in [-0.4, -0.2) is 59.7 Å². The van der Waals surface area contributed by atoms with Gasteiger partial charge in [0.1, 0.15) is 18.2 Å². The van der Waals surface area contributed by atoms with Gasteiger partial charge in [-0.2, -0.15) is 0 Å². The summed E-state index contributed by atoms with van der Waals surface area (Å²) >= 11 is 0. The summed E-state index contributed by atoms with van der Waals surface area (Å²) in [7, 11) is 4.15. The SMILES string of the molecule is COC(=O)C1=C(C(=O)OC)N(c2ccc(N3CCCC3)c(OC)c2)COC1. The molecular weight excluding hydrogens is 352 g/mol. The first-order valence-electron chi connectivity index (χ1n) is 8.78. The van der Waals surface area contributed by atoms with Crippen molar-refractivity contribution in [1.29, 1.82) is 0 Å². The Morgan fingerprint density at radius 3 is 2.37 bits per heavy atom. The second kappa shape index (κ2) is 8.30. The van der Waals surface area contributed by atoms with E-state index in [1.807, 2.05) is 18.2 Å². The highest BCUT2D eigenvalue weighted by Crippen LogP contribution is 2.36. The molecule has 0 amide bonds. The van der Waals surface area contributed by atoms with Gasteiger partial charge in [-0.25, -0.2) is 9.59 Å². The van der Waals surface area contributed by atoms with E-state index in [9.17, 15) is 9.59 Å². The maximum atomic E-state index is 12.4. The number of esters is 2. The Morgan fingerprint density at radius 1 is 1.04 bits per heavy atom. The molecule has 1 saturated heterocycles. The number of benzene rings is 1. The monoisotopic (exact) mass is 376 g/mol. The zero-order valence-corrected chi connectivity index (χ0v) is 15.8. The van der Waals surface area contributed by atoms with E-state index in [1.165, 1.54) is 14.2 Å². The van der Waals surface area contributed by atoms with Crippen molar-refractivity contribution in [3.8, 4) is 5.75 Å². The lowest BCUT2D eigenvalue weighted by Crippen LogP contribution is -2.38. The Bertz CT molecular complexity index is 755. The molecule has 0 unspecified atom stereocenters. The Morgan fingerprint density at radius 2 is 1.74 bits per heavy atom. The fourth-order valence-corrected chi connectivity index (χ4v) is 3.40. The zero-order valence-electron chi connectivity index (χ0n) is 15.8. The van der Waals surface area contributed by atoms with E-state index < -0.39 is 11.9 Å². The molecule has 0 aliphatic carbocycles. The molecule has 1 aromatic rings. The average molecular weight is 376 g/mol. The van der Waals surface area contributed by atoms with Gasteiger partial charge >= 0.3 is 11.9 Å². The van der Waals surface area contributed by atoms with Crippen LogP contribution in [-0.2, 0) is 23.8 Å². The number of hydrogen-bond acceptors (Lipinski definition) is 8. The summed E-state index contributed by atoms with van der Waals surface area (Å²) in [5, 5.41) is 0. The van der Waals surface area contributed by atoms with Gasteiger partial charge in [0, 0.05) is 24.8 Å². The number of anilines is 2. The molecule has 0 aromatic heterocycles. The number of ether oxygens (including phenoxy) is 4. The number of nitrogens with zero attached hydrogens (tertiary/aromatic N) is 2. The predicted molar refractivity (Wildman–Crippen MR) is 98.8 cm³/mol. The molecule has 1 aromatic carbocycles. The fraction of sp³-hybridized carbons (Fsp3) is 0.474. The number of methoxy groups -OCH3 is 3. The van der Waals surface area contributed by atoms with Crippen LogP contribution in [0.3, 0.4) is 0 Å². The smallest absolute Gasteiger partial charge is 0.355 e. The quantitative estimate of drug-likeness (QED) is 0.719. The van der Waals surface area contributed by atoms with Crippen molar-refractivity contribution >= 4 is 23.3 Å². The zero-order chi connectivity index (χ0) is 19.4. The summed E-state index contributed by atoms with van der Waals surface area (Å²) in [6, 6.07) is 5.67. The summed E-state index contributed by atoms with van der Waals surface area (Å²) < 4.78 is 20.8. The molecule has 146 valence electrons. The maximum Gasteiger partial charge on any atom is 0.355 e. The van der Waals surface area contributed by atoms with Crippen molar-refractivity contribution in [3.63, 3.8) is 0 Å². The number of carbonyl (C=O) groups excluding carboxylic acids is 2. The maximum absolute atomic E-state index is 12.4. The van der Waals surface area contributed by atoms with Crippen molar-refractivity contribution in [2.24, 2.45) is 0 Å². The van der Waals surface area contributed by atoms with Crippen molar-refractivity contribution in [2.45, 2.75) is 12.8 Å². The second-order valence-corrected chi connectivity index (χ2v) is 6.27. The summed E-state index contributed by atoms with van der Waals surface area (Å²) in [5.74, 6) is -0.550. The van der Waals surface area contributed by atoms with Crippen LogP contribution in [0.15, 0.2) is 29.5 Å². The highest BCUT2D eigenvalue weighted by atomic mass is 16.5. The standard InChI is InChI=1S/C19H24N2O6/c1-24-16-10-13(6-7-15(16)20-8-4-5-9-20)21-12-27-11-14(18(22)25-2)17(21)19(23)26-3/h6-7,10H,4-5,8-9,11-12H2,1-3H3. The molecule has 0 spiro atoms. The molecule has 0 bridgehead atoms. The fourth-order valence-electron chi connectivity index (χ4n) is 3.40. The van der Waals surface area contributed by atoms with E-state index >= 15 is 0 Å². The van der Waals surface area contributed by atoms with Crippen LogP contribution < -0.4 is 14.5 Å². The van der Waals surface area contributed by atoms with E-state index in [4.69, 9.17) is 18.9 Å². The first kappa shape index (κ1) is 19.0. The largest absolute Gasteiger partial charge is 0.495 e. The van der Waals surface area contributed by atoms with E-state index in [0.717, 1.165) is 31.6 Å². The van der Waals surface area contributed by atoms with Crippen molar-refractivity contribution in [2.75, 3.05) is 57.6 Å². The summed E-state index contributed by atoms with van der Waals surface area (Å²) in [4.78, 5) is 28.4. The lowest BCUT2D eigenvalue weighted by Gasteiger charge is -2.32. The molecule has 3 rings (SSSR count). The van der Waals surface area contributed by atoms with E-state index in [2.05, 4.69) is 4.90 Å².